The van der Waals surface area contributed by atoms with Crippen LogP contribution in [0.1, 0.15) is 37.7 Å². The van der Waals surface area contributed by atoms with Crippen molar-refractivity contribution in [2.45, 2.75) is 37.5 Å². The number of rotatable bonds is 5. The minimum atomic E-state index is -0.833. The summed E-state index contributed by atoms with van der Waals surface area (Å²) in [5.74, 6) is 1.73. The zero-order chi connectivity index (χ0) is 14.2. The zero-order valence-corrected chi connectivity index (χ0v) is 11.8. The maximum atomic E-state index is 14.1. The van der Waals surface area contributed by atoms with Gasteiger partial charge in [0.2, 0.25) is 0 Å². The monoisotopic (exact) mass is 278 g/mol. The normalized spacial score (nSPS) is 29.1. The van der Waals surface area contributed by atoms with Gasteiger partial charge in [0, 0.05) is 5.41 Å². The van der Waals surface area contributed by atoms with Crippen LogP contribution in [0.25, 0.3) is 0 Å². The standard InChI is InChI=1S/C17H23FO2/c18-16-4-2-1-3-15(16)17(10-19,11-20)9-14-8-12-5-6-13(14)7-12/h1-4,12-14,19-20H,5-11H2. The molecular formula is C17H23FO2. The van der Waals surface area contributed by atoms with Gasteiger partial charge in [-0.1, -0.05) is 24.6 Å². The van der Waals surface area contributed by atoms with Crippen molar-refractivity contribution in [2.75, 3.05) is 13.2 Å². The molecule has 20 heavy (non-hydrogen) atoms. The number of hydrogen-bond acceptors (Lipinski definition) is 2. The van der Waals surface area contributed by atoms with E-state index in [0.29, 0.717) is 23.8 Å². The molecule has 3 unspecified atom stereocenters. The van der Waals surface area contributed by atoms with Gasteiger partial charge < -0.3 is 10.2 Å². The third-order valence-electron chi connectivity index (χ3n) is 5.59. The van der Waals surface area contributed by atoms with E-state index in [1.807, 2.05) is 0 Å². The lowest BCUT2D eigenvalue weighted by Gasteiger charge is -2.36. The molecule has 0 saturated heterocycles. The quantitative estimate of drug-likeness (QED) is 0.869. The van der Waals surface area contributed by atoms with E-state index in [9.17, 15) is 14.6 Å². The van der Waals surface area contributed by atoms with Crippen LogP contribution in [0.15, 0.2) is 24.3 Å². The topological polar surface area (TPSA) is 40.5 Å². The van der Waals surface area contributed by atoms with E-state index in [1.54, 1.807) is 18.2 Å². The highest BCUT2D eigenvalue weighted by Crippen LogP contribution is 2.52. The highest BCUT2D eigenvalue weighted by atomic mass is 19.1. The second-order valence-electron chi connectivity index (χ2n) is 6.72. The lowest BCUT2D eigenvalue weighted by atomic mass is 9.71. The van der Waals surface area contributed by atoms with Crippen LogP contribution in [0.2, 0.25) is 0 Å². The van der Waals surface area contributed by atoms with Crippen LogP contribution >= 0.6 is 0 Å². The molecule has 2 N–H and O–H groups in total. The van der Waals surface area contributed by atoms with Gasteiger partial charge in [0.1, 0.15) is 5.82 Å². The molecule has 3 rings (SSSR count). The lowest BCUT2D eigenvalue weighted by Crippen LogP contribution is -2.39. The summed E-state index contributed by atoms with van der Waals surface area (Å²) >= 11 is 0. The molecule has 2 aliphatic rings. The highest BCUT2D eigenvalue weighted by molar-refractivity contribution is 5.28. The molecule has 1 aromatic rings. The molecule has 2 fully saturated rings. The minimum absolute atomic E-state index is 0.196. The first-order chi connectivity index (χ1) is 9.68. The Balaban J connectivity index is 1.86. The Kier molecular flexibility index (Phi) is 3.83. The van der Waals surface area contributed by atoms with E-state index in [2.05, 4.69) is 0 Å². The second-order valence-corrected chi connectivity index (χ2v) is 6.72. The van der Waals surface area contributed by atoms with Crippen LogP contribution in [0, 0.1) is 23.6 Å². The Morgan fingerprint density at radius 1 is 1.10 bits per heavy atom. The number of benzene rings is 1. The second kappa shape index (κ2) is 5.45. The maximum Gasteiger partial charge on any atom is 0.127 e. The summed E-state index contributed by atoms with van der Waals surface area (Å²) < 4.78 is 14.1. The van der Waals surface area contributed by atoms with E-state index in [0.717, 1.165) is 5.92 Å². The molecular weight excluding hydrogens is 255 g/mol. The number of halogens is 1. The Morgan fingerprint density at radius 2 is 1.85 bits per heavy atom. The zero-order valence-electron chi connectivity index (χ0n) is 11.8. The molecule has 110 valence electrons. The summed E-state index contributed by atoms with van der Waals surface area (Å²) in [7, 11) is 0. The highest BCUT2D eigenvalue weighted by Gasteiger charge is 2.44. The van der Waals surface area contributed by atoms with Gasteiger partial charge in [0.05, 0.1) is 13.2 Å². The summed E-state index contributed by atoms with van der Waals surface area (Å²) in [4.78, 5) is 0. The van der Waals surface area contributed by atoms with E-state index >= 15 is 0 Å². The van der Waals surface area contributed by atoms with Crippen molar-refractivity contribution in [2.24, 2.45) is 17.8 Å². The molecule has 2 nitrogen and oxygen atoms in total. The molecule has 0 aliphatic heterocycles. The van der Waals surface area contributed by atoms with Gasteiger partial charge in [-0.05, 0) is 55.1 Å². The van der Waals surface area contributed by atoms with Gasteiger partial charge in [-0.15, -0.1) is 0 Å². The van der Waals surface area contributed by atoms with E-state index in [-0.39, 0.29) is 19.0 Å². The molecule has 3 heteroatoms. The van der Waals surface area contributed by atoms with Crippen LogP contribution in [-0.4, -0.2) is 23.4 Å². The van der Waals surface area contributed by atoms with Gasteiger partial charge >= 0.3 is 0 Å². The Labute approximate surface area is 119 Å². The summed E-state index contributed by atoms with van der Waals surface area (Å²) in [6.07, 6.45) is 5.75. The number of fused-ring (bicyclic) bond motifs is 2. The van der Waals surface area contributed by atoms with Crippen molar-refractivity contribution < 1.29 is 14.6 Å². The molecule has 1 aromatic carbocycles. The SMILES string of the molecule is OCC(CO)(CC1CC2CCC1C2)c1ccccc1F. The Bertz CT molecular complexity index is 470. The number of aliphatic hydroxyl groups is 2. The molecule has 3 atom stereocenters. The van der Waals surface area contributed by atoms with E-state index in [1.165, 1.54) is 31.7 Å². The lowest BCUT2D eigenvalue weighted by molar-refractivity contribution is 0.0821. The van der Waals surface area contributed by atoms with E-state index < -0.39 is 5.41 Å². The molecule has 2 bridgehead atoms. The average molecular weight is 278 g/mol. The van der Waals surface area contributed by atoms with Crippen molar-refractivity contribution in [3.8, 4) is 0 Å². The summed E-state index contributed by atoms with van der Waals surface area (Å²) in [5, 5.41) is 19.7. The number of aliphatic hydroxyl groups excluding tert-OH is 2. The fraction of sp³-hybridized carbons (Fsp3) is 0.647. The predicted molar refractivity (Wildman–Crippen MR) is 75.8 cm³/mol. The van der Waals surface area contributed by atoms with Gasteiger partial charge in [-0.3, -0.25) is 0 Å². The van der Waals surface area contributed by atoms with Crippen molar-refractivity contribution in [3.63, 3.8) is 0 Å². The average Bonchev–Trinajstić information content (AvgIpc) is 3.08. The third kappa shape index (κ3) is 2.27. The minimum Gasteiger partial charge on any atom is -0.395 e. The predicted octanol–water partition coefficient (Wildman–Crippen LogP) is 2.87. The van der Waals surface area contributed by atoms with E-state index in [4.69, 9.17) is 0 Å². The van der Waals surface area contributed by atoms with Crippen LogP contribution in [-0.2, 0) is 5.41 Å². The molecule has 2 saturated carbocycles. The van der Waals surface area contributed by atoms with Gasteiger partial charge in [-0.25, -0.2) is 4.39 Å². The van der Waals surface area contributed by atoms with Crippen molar-refractivity contribution in [3.05, 3.63) is 35.6 Å². The first kappa shape index (κ1) is 14.0. The van der Waals surface area contributed by atoms with Crippen molar-refractivity contribution in [1.29, 1.82) is 0 Å². The summed E-state index contributed by atoms with van der Waals surface area (Å²) in [5.41, 5.74) is -0.367. The molecule has 0 heterocycles. The molecule has 0 radical (unpaired) electrons. The summed E-state index contributed by atoms with van der Waals surface area (Å²) in [6.45, 7) is -0.392. The van der Waals surface area contributed by atoms with Crippen molar-refractivity contribution in [1.82, 2.24) is 0 Å². The van der Waals surface area contributed by atoms with Gasteiger partial charge in [-0.2, -0.15) is 0 Å². The maximum absolute atomic E-state index is 14.1. The molecule has 0 aromatic heterocycles. The van der Waals surface area contributed by atoms with Crippen LogP contribution in [0.3, 0.4) is 0 Å². The fourth-order valence-corrected chi connectivity index (χ4v) is 4.48. The van der Waals surface area contributed by atoms with Crippen LogP contribution in [0.5, 0.6) is 0 Å². The smallest absolute Gasteiger partial charge is 0.127 e. The molecule has 2 aliphatic carbocycles. The number of hydrogen-bond donors (Lipinski definition) is 2. The summed E-state index contributed by atoms with van der Waals surface area (Å²) in [6, 6.07) is 6.54. The first-order valence-electron chi connectivity index (χ1n) is 7.65. The Hall–Kier alpha value is -0.930. The molecule has 0 spiro atoms. The first-order valence-corrected chi connectivity index (χ1v) is 7.65. The Morgan fingerprint density at radius 3 is 2.40 bits per heavy atom. The van der Waals surface area contributed by atoms with Gasteiger partial charge in [0.15, 0.2) is 0 Å². The fourth-order valence-electron chi connectivity index (χ4n) is 4.48. The third-order valence-corrected chi connectivity index (χ3v) is 5.59. The van der Waals surface area contributed by atoms with Crippen LogP contribution < -0.4 is 0 Å². The van der Waals surface area contributed by atoms with Crippen molar-refractivity contribution >= 4 is 0 Å². The molecule has 0 amide bonds. The van der Waals surface area contributed by atoms with Gasteiger partial charge in [0.25, 0.3) is 0 Å². The van der Waals surface area contributed by atoms with Crippen LogP contribution in [0.4, 0.5) is 4.39 Å². The largest absolute Gasteiger partial charge is 0.395 e.